The smallest absolute Gasteiger partial charge is 0.303 e. The lowest BCUT2D eigenvalue weighted by molar-refractivity contribution is -0.148. The second kappa shape index (κ2) is 7.65. The van der Waals surface area contributed by atoms with Crippen molar-refractivity contribution in [3.63, 3.8) is 0 Å². The Morgan fingerprint density at radius 3 is 2.40 bits per heavy atom. The molecule has 30 heavy (non-hydrogen) atoms. The van der Waals surface area contributed by atoms with Gasteiger partial charge in [-0.15, -0.1) is 0 Å². The number of esters is 2. The Labute approximate surface area is 179 Å². The van der Waals surface area contributed by atoms with Gasteiger partial charge in [-0.25, -0.2) is 0 Å². The van der Waals surface area contributed by atoms with Crippen molar-refractivity contribution in [2.24, 2.45) is 28.6 Å². The van der Waals surface area contributed by atoms with Crippen molar-refractivity contribution >= 4 is 17.7 Å². The third kappa shape index (κ3) is 3.44. The number of carbonyl (C=O) groups is 3. The lowest BCUT2D eigenvalue weighted by Crippen LogP contribution is -2.50. The fourth-order valence-corrected chi connectivity index (χ4v) is 7.21. The van der Waals surface area contributed by atoms with Crippen LogP contribution in [0.4, 0.5) is 0 Å². The summed E-state index contributed by atoms with van der Waals surface area (Å²) in [5.74, 6) is 1.02. The largest absolute Gasteiger partial charge is 0.462 e. The number of allylic oxidation sites excluding steroid dienone is 2. The summed E-state index contributed by atoms with van der Waals surface area (Å²) >= 11 is 0. The lowest BCUT2D eigenvalue weighted by Gasteiger charge is -2.57. The highest BCUT2D eigenvalue weighted by molar-refractivity contribution is 5.99. The molecule has 4 rings (SSSR count). The van der Waals surface area contributed by atoms with Crippen molar-refractivity contribution in [2.75, 3.05) is 6.61 Å². The molecule has 0 unspecified atom stereocenters. The molecule has 0 aromatic carbocycles. The molecule has 164 valence electrons. The summed E-state index contributed by atoms with van der Waals surface area (Å²) in [4.78, 5) is 35.3. The fraction of sp³-hybridized carbons (Fsp3) is 0.720. The summed E-state index contributed by atoms with van der Waals surface area (Å²) < 4.78 is 10.5. The minimum atomic E-state index is -0.408. The van der Waals surface area contributed by atoms with Crippen molar-refractivity contribution in [3.05, 3.63) is 23.3 Å². The van der Waals surface area contributed by atoms with Gasteiger partial charge in [0.2, 0.25) is 0 Å². The molecule has 0 N–H and O–H groups in total. The molecule has 2 fully saturated rings. The van der Waals surface area contributed by atoms with Crippen LogP contribution in [0, 0.1) is 28.6 Å². The first-order valence-electron chi connectivity index (χ1n) is 11.4. The molecular formula is C25H34O5. The molecule has 6 atom stereocenters. The maximum Gasteiger partial charge on any atom is 0.303 e. The molecule has 0 heterocycles. The molecule has 0 amide bonds. The van der Waals surface area contributed by atoms with Gasteiger partial charge in [-0.1, -0.05) is 31.6 Å². The second-order valence-electron chi connectivity index (χ2n) is 10.2. The van der Waals surface area contributed by atoms with Gasteiger partial charge in [0, 0.05) is 25.8 Å². The van der Waals surface area contributed by atoms with Gasteiger partial charge >= 0.3 is 11.9 Å². The first-order valence-corrected chi connectivity index (χ1v) is 11.4. The Balaban J connectivity index is 1.52. The minimum Gasteiger partial charge on any atom is -0.462 e. The van der Waals surface area contributed by atoms with Crippen molar-refractivity contribution in [1.82, 2.24) is 0 Å². The van der Waals surface area contributed by atoms with Crippen LogP contribution in [0.15, 0.2) is 23.3 Å². The van der Waals surface area contributed by atoms with Gasteiger partial charge in [0.1, 0.15) is 6.10 Å². The van der Waals surface area contributed by atoms with E-state index in [1.807, 2.05) is 0 Å². The number of ether oxygens (including phenoxy) is 2. The van der Waals surface area contributed by atoms with Crippen LogP contribution in [-0.2, 0) is 23.9 Å². The lowest BCUT2D eigenvalue weighted by atomic mass is 9.47. The van der Waals surface area contributed by atoms with E-state index in [2.05, 4.69) is 26.0 Å². The van der Waals surface area contributed by atoms with Crippen LogP contribution in [0.1, 0.15) is 72.6 Å². The van der Waals surface area contributed by atoms with Gasteiger partial charge in [-0.3, -0.25) is 14.4 Å². The molecule has 2 saturated carbocycles. The molecule has 4 aliphatic carbocycles. The number of rotatable bonds is 4. The Kier molecular flexibility index (Phi) is 5.44. The Bertz CT molecular complexity index is 823. The van der Waals surface area contributed by atoms with Crippen LogP contribution in [0.5, 0.6) is 0 Å². The van der Waals surface area contributed by atoms with Gasteiger partial charge in [-0.05, 0) is 67.1 Å². The summed E-state index contributed by atoms with van der Waals surface area (Å²) in [7, 11) is 0. The van der Waals surface area contributed by atoms with E-state index in [1.165, 1.54) is 19.4 Å². The molecule has 0 saturated heterocycles. The summed E-state index contributed by atoms with van der Waals surface area (Å²) in [5, 5.41) is 0. The monoisotopic (exact) mass is 414 g/mol. The summed E-state index contributed by atoms with van der Waals surface area (Å²) in [6.45, 7) is 7.36. The molecule has 0 aromatic heterocycles. The Morgan fingerprint density at radius 1 is 0.967 bits per heavy atom. The van der Waals surface area contributed by atoms with Crippen LogP contribution in [-0.4, -0.2) is 30.4 Å². The third-order valence-corrected chi connectivity index (χ3v) is 8.68. The highest BCUT2D eigenvalue weighted by Gasteiger charge is 2.57. The minimum absolute atomic E-state index is 0.0193. The van der Waals surface area contributed by atoms with Gasteiger partial charge in [0.15, 0.2) is 12.4 Å². The average Bonchev–Trinajstić information content (AvgIpc) is 3.03. The van der Waals surface area contributed by atoms with Crippen molar-refractivity contribution in [3.8, 4) is 0 Å². The zero-order chi connectivity index (χ0) is 21.7. The van der Waals surface area contributed by atoms with Crippen LogP contribution in [0.25, 0.3) is 0 Å². The SMILES string of the molecule is CC(=O)OCC(=O)C1=CC[C@@H]2[C@@H]3CC=C4C[C@H](OC(C)=O)CC[C@]4(C)[C@H]3CC[C@]12C. The van der Waals surface area contributed by atoms with Crippen molar-refractivity contribution in [2.45, 2.75) is 78.7 Å². The van der Waals surface area contributed by atoms with Gasteiger partial charge in [-0.2, -0.15) is 0 Å². The quantitative estimate of drug-likeness (QED) is 0.499. The maximum absolute atomic E-state index is 12.8. The molecule has 4 aliphatic rings. The van der Waals surface area contributed by atoms with E-state index in [-0.39, 0.29) is 35.3 Å². The number of hydrogen-bond donors (Lipinski definition) is 0. The summed E-state index contributed by atoms with van der Waals surface area (Å²) in [5.41, 5.74) is 2.41. The van der Waals surface area contributed by atoms with Crippen molar-refractivity contribution in [1.29, 1.82) is 0 Å². The number of ketones is 1. The van der Waals surface area contributed by atoms with E-state index in [9.17, 15) is 14.4 Å². The van der Waals surface area contributed by atoms with E-state index in [0.717, 1.165) is 50.5 Å². The van der Waals surface area contributed by atoms with E-state index >= 15 is 0 Å². The van der Waals surface area contributed by atoms with Gasteiger partial charge < -0.3 is 9.47 Å². The van der Waals surface area contributed by atoms with Crippen molar-refractivity contribution < 1.29 is 23.9 Å². The summed E-state index contributed by atoms with van der Waals surface area (Å²) in [6.07, 6.45) is 11.5. The van der Waals surface area contributed by atoms with Crippen LogP contribution in [0.2, 0.25) is 0 Å². The van der Waals surface area contributed by atoms with Crippen LogP contribution in [0.3, 0.4) is 0 Å². The molecule has 0 radical (unpaired) electrons. The Morgan fingerprint density at radius 2 is 1.70 bits per heavy atom. The van der Waals surface area contributed by atoms with E-state index in [4.69, 9.17) is 9.47 Å². The molecule has 5 nitrogen and oxygen atoms in total. The highest BCUT2D eigenvalue weighted by atomic mass is 16.5. The number of hydrogen-bond acceptors (Lipinski definition) is 5. The van der Waals surface area contributed by atoms with E-state index in [1.54, 1.807) is 0 Å². The zero-order valence-electron chi connectivity index (χ0n) is 18.7. The normalized spacial score (nSPS) is 39.6. The first kappa shape index (κ1) is 21.3. The predicted molar refractivity (Wildman–Crippen MR) is 112 cm³/mol. The molecule has 5 heteroatoms. The molecule has 0 aliphatic heterocycles. The van der Waals surface area contributed by atoms with Gasteiger partial charge in [0.25, 0.3) is 0 Å². The molecule has 0 aromatic rings. The fourth-order valence-electron chi connectivity index (χ4n) is 7.21. The van der Waals surface area contributed by atoms with E-state index in [0.29, 0.717) is 17.8 Å². The number of carbonyl (C=O) groups excluding carboxylic acids is 3. The molecule has 0 bridgehead atoms. The van der Waals surface area contributed by atoms with E-state index < -0.39 is 5.97 Å². The summed E-state index contributed by atoms with van der Waals surface area (Å²) in [6, 6.07) is 0. The van der Waals surface area contributed by atoms with Crippen LogP contribution >= 0.6 is 0 Å². The predicted octanol–water partition coefficient (Wildman–Crippen LogP) is 4.55. The zero-order valence-corrected chi connectivity index (χ0v) is 18.7. The topological polar surface area (TPSA) is 69.7 Å². The molecule has 0 spiro atoms. The maximum atomic E-state index is 12.8. The standard InChI is InChI=1S/C25H34O5/c1-15(26)29-14-23(28)22-8-7-20-19-6-5-17-13-18(30-16(2)27)9-11-24(17,3)21(19)10-12-25(20,22)4/h5,8,18-21H,6-7,9-14H2,1-4H3/t18-,19+,20-,21+,24+,25+/m1/s1. The third-order valence-electron chi connectivity index (χ3n) is 8.68. The van der Waals surface area contributed by atoms with Gasteiger partial charge in [0.05, 0.1) is 0 Å². The number of Topliss-reactive ketones (excluding diaryl/α,β-unsaturated/α-hetero) is 1. The number of fused-ring (bicyclic) bond motifs is 5. The Hall–Kier alpha value is -1.91. The first-order chi connectivity index (χ1) is 14.1. The molecular weight excluding hydrogens is 380 g/mol. The second-order valence-corrected chi connectivity index (χ2v) is 10.2. The van der Waals surface area contributed by atoms with Crippen LogP contribution < -0.4 is 0 Å². The average molecular weight is 415 g/mol. The highest BCUT2D eigenvalue weighted by Crippen LogP contribution is 2.65.